The normalized spacial score (nSPS) is 13.2. The fourth-order valence-corrected chi connectivity index (χ4v) is 2.95. The Hall–Kier alpha value is -3.79. The van der Waals surface area contributed by atoms with Crippen LogP contribution >= 0.6 is 0 Å². The summed E-state index contributed by atoms with van der Waals surface area (Å²) in [6.07, 6.45) is 4.70. The predicted octanol–water partition coefficient (Wildman–Crippen LogP) is 2.01. The molecule has 0 aliphatic carbocycles. The van der Waals surface area contributed by atoms with E-state index in [1.165, 1.54) is 18.2 Å². The number of hydrogen-bond acceptors (Lipinski definition) is 7. The van der Waals surface area contributed by atoms with E-state index in [4.69, 9.17) is 16.2 Å². The van der Waals surface area contributed by atoms with Gasteiger partial charge >= 0.3 is 0 Å². The second kappa shape index (κ2) is 7.32. The summed E-state index contributed by atoms with van der Waals surface area (Å²) >= 11 is 0. The van der Waals surface area contributed by atoms with Gasteiger partial charge in [0.2, 0.25) is 5.91 Å². The van der Waals surface area contributed by atoms with Gasteiger partial charge in [-0.1, -0.05) is 6.08 Å². The van der Waals surface area contributed by atoms with Gasteiger partial charge in [0.1, 0.15) is 29.5 Å². The van der Waals surface area contributed by atoms with E-state index in [-0.39, 0.29) is 29.3 Å². The van der Waals surface area contributed by atoms with Crippen molar-refractivity contribution >= 4 is 28.3 Å². The lowest BCUT2D eigenvalue weighted by Gasteiger charge is -2.19. The summed E-state index contributed by atoms with van der Waals surface area (Å²) in [5, 5.41) is 1.94. The third-order valence-corrected chi connectivity index (χ3v) is 4.32. The fraction of sp³-hybridized carbons (Fsp3) is 0.105. The van der Waals surface area contributed by atoms with Gasteiger partial charge in [-0.15, -0.1) is 0 Å². The molecule has 0 radical (unpaired) electrons. The smallest absolute Gasteiger partial charge is 0.248 e. The van der Waals surface area contributed by atoms with Gasteiger partial charge in [0.05, 0.1) is 11.9 Å². The number of nitrogens with zero attached hydrogens (tertiary/aromatic N) is 3. The Labute approximate surface area is 163 Å². The lowest BCUT2D eigenvalue weighted by molar-refractivity contribution is 0.1000. The van der Waals surface area contributed by atoms with Crippen molar-refractivity contribution in [2.24, 2.45) is 5.73 Å². The zero-order valence-electron chi connectivity index (χ0n) is 15.0. The summed E-state index contributed by atoms with van der Waals surface area (Å²) in [5.74, 6) is -1.85. The summed E-state index contributed by atoms with van der Waals surface area (Å²) < 4.78 is 33.6. The number of aromatic nitrogens is 2. The maximum absolute atomic E-state index is 14.2. The van der Waals surface area contributed by atoms with Gasteiger partial charge in [0.15, 0.2) is 11.6 Å². The molecule has 4 rings (SSSR count). The molecule has 148 valence electrons. The molecular formula is C19H16F2N6O2. The van der Waals surface area contributed by atoms with Crippen molar-refractivity contribution in [2.75, 3.05) is 17.3 Å². The van der Waals surface area contributed by atoms with E-state index in [9.17, 15) is 13.6 Å². The van der Waals surface area contributed by atoms with Crippen molar-refractivity contribution in [1.29, 1.82) is 0 Å². The highest BCUT2D eigenvalue weighted by Gasteiger charge is 2.17. The number of nitrogens with one attached hydrogen (secondary N) is 1. The molecule has 3 heterocycles. The quantitative estimate of drug-likeness (QED) is 0.601. The molecule has 8 nitrogen and oxygen atoms in total. The molecule has 0 saturated heterocycles. The molecule has 0 atom stereocenters. The summed E-state index contributed by atoms with van der Waals surface area (Å²) in [7, 11) is 0. The maximum Gasteiger partial charge on any atom is 0.248 e. The molecule has 1 aliphatic heterocycles. The first-order chi connectivity index (χ1) is 13.9. The Bertz CT molecular complexity index is 1150. The number of hydrogen-bond donors (Lipinski definition) is 3. The number of primary amides is 1. The number of ether oxygens (including phenoxy) is 1. The van der Waals surface area contributed by atoms with Crippen molar-refractivity contribution in [3.05, 3.63) is 65.6 Å². The van der Waals surface area contributed by atoms with Crippen LogP contribution in [0.2, 0.25) is 0 Å². The molecule has 0 bridgehead atoms. The molecule has 1 aromatic carbocycles. The zero-order chi connectivity index (χ0) is 20.5. The van der Waals surface area contributed by atoms with Crippen LogP contribution in [-0.2, 0) is 6.61 Å². The molecule has 0 unspecified atom stereocenters. The van der Waals surface area contributed by atoms with Gasteiger partial charge in [-0.05, 0) is 18.2 Å². The second-order valence-electron chi connectivity index (χ2n) is 6.29. The summed E-state index contributed by atoms with van der Waals surface area (Å²) in [4.78, 5) is 19.5. The van der Waals surface area contributed by atoms with Gasteiger partial charge in [0, 0.05) is 29.8 Å². The van der Waals surface area contributed by atoms with Crippen molar-refractivity contribution in [1.82, 2.24) is 15.4 Å². The van der Waals surface area contributed by atoms with E-state index < -0.39 is 17.5 Å². The number of halogens is 2. The van der Waals surface area contributed by atoms with E-state index in [1.54, 1.807) is 11.2 Å². The van der Waals surface area contributed by atoms with Crippen LogP contribution in [-0.4, -0.2) is 22.4 Å². The molecular weight excluding hydrogens is 382 g/mol. The Morgan fingerprint density at radius 3 is 2.83 bits per heavy atom. The van der Waals surface area contributed by atoms with E-state index in [0.717, 1.165) is 12.3 Å². The predicted molar refractivity (Wildman–Crippen MR) is 103 cm³/mol. The molecule has 0 saturated carbocycles. The monoisotopic (exact) mass is 398 g/mol. The number of carbonyl (C=O) groups excluding carboxylic acids is 1. The third-order valence-electron chi connectivity index (χ3n) is 4.32. The lowest BCUT2D eigenvalue weighted by atomic mass is 10.1. The Kier molecular flexibility index (Phi) is 4.69. The van der Waals surface area contributed by atoms with Crippen molar-refractivity contribution in [2.45, 2.75) is 6.61 Å². The van der Waals surface area contributed by atoms with Crippen LogP contribution in [0.3, 0.4) is 0 Å². The number of pyridine rings is 2. The number of anilines is 2. The molecule has 5 N–H and O–H groups in total. The van der Waals surface area contributed by atoms with E-state index in [0.29, 0.717) is 23.3 Å². The molecule has 0 spiro atoms. The van der Waals surface area contributed by atoms with Crippen LogP contribution in [0.25, 0.3) is 10.9 Å². The first-order valence-electron chi connectivity index (χ1n) is 8.58. The molecule has 3 aromatic rings. The van der Waals surface area contributed by atoms with E-state index in [1.807, 2.05) is 6.08 Å². The van der Waals surface area contributed by atoms with Gasteiger partial charge in [-0.2, -0.15) is 0 Å². The third kappa shape index (κ3) is 3.65. The zero-order valence-corrected chi connectivity index (χ0v) is 15.0. The summed E-state index contributed by atoms with van der Waals surface area (Å²) in [6, 6.07) is 5.19. The molecule has 1 aliphatic rings. The number of hydrazine groups is 1. The number of benzene rings is 1. The van der Waals surface area contributed by atoms with Gasteiger partial charge in [0.25, 0.3) is 0 Å². The first kappa shape index (κ1) is 18.6. The number of nitrogen functional groups attached to an aromatic ring is 1. The van der Waals surface area contributed by atoms with Gasteiger partial charge in [-0.25, -0.2) is 19.2 Å². The highest BCUT2D eigenvalue weighted by atomic mass is 19.1. The molecule has 0 fully saturated rings. The fourth-order valence-electron chi connectivity index (χ4n) is 2.95. The number of amides is 1. The van der Waals surface area contributed by atoms with Crippen LogP contribution in [0, 0.1) is 11.6 Å². The minimum atomic E-state index is -0.767. The van der Waals surface area contributed by atoms with Crippen molar-refractivity contribution < 1.29 is 18.3 Å². The molecule has 1 amide bonds. The second-order valence-corrected chi connectivity index (χ2v) is 6.29. The minimum absolute atomic E-state index is 0.00176. The van der Waals surface area contributed by atoms with Crippen LogP contribution < -0.4 is 26.6 Å². The topological polar surface area (TPSA) is 119 Å². The Balaban J connectivity index is 1.66. The van der Waals surface area contributed by atoms with Gasteiger partial charge in [-0.3, -0.25) is 14.8 Å². The molecule has 2 aromatic heterocycles. The van der Waals surface area contributed by atoms with Gasteiger partial charge < -0.3 is 16.2 Å². The van der Waals surface area contributed by atoms with Crippen LogP contribution in [0.15, 0.2) is 42.7 Å². The highest BCUT2D eigenvalue weighted by molar-refractivity contribution is 5.97. The average Bonchev–Trinajstić information content (AvgIpc) is 3.22. The lowest BCUT2D eigenvalue weighted by Crippen LogP contribution is -2.29. The number of rotatable bonds is 5. The maximum atomic E-state index is 14.2. The van der Waals surface area contributed by atoms with E-state index in [2.05, 4.69) is 15.4 Å². The average molecular weight is 398 g/mol. The molecule has 29 heavy (non-hydrogen) atoms. The largest absolute Gasteiger partial charge is 0.483 e. The number of nitrogens with two attached hydrogens (primary N) is 2. The van der Waals surface area contributed by atoms with Crippen molar-refractivity contribution in [3.8, 4) is 5.75 Å². The van der Waals surface area contributed by atoms with Crippen LogP contribution in [0.1, 0.15) is 16.1 Å². The first-order valence-corrected chi connectivity index (χ1v) is 8.58. The number of fused-ring (bicyclic) bond motifs is 1. The summed E-state index contributed by atoms with van der Waals surface area (Å²) in [5.41, 5.74) is 15.1. The standard InChI is InChI=1S/C19H16F2N6O2/c20-12-7-15(27-3-1-2-25-27)14(24-8-12)9-29-16-6-10-4-11(19(23)28)5-13(21)17(10)26-18(16)22/h1,3-8,25H,2,9H2,(H2,22,26)(H2,23,28). The van der Waals surface area contributed by atoms with Crippen LogP contribution in [0.4, 0.5) is 20.3 Å². The summed E-state index contributed by atoms with van der Waals surface area (Å²) in [6.45, 7) is 0.559. The molecule has 10 heteroatoms. The number of carbonyl (C=O) groups is 1. The van der Waals surface area contributed by atoms with Crippen molar-refractivity contribution in [3.63, 3.8) is 0 Å². The van der Waals surface area contributed by atoms with E-state index >= 15 is 0 Å². The Morgan fingerprint density at radius 1 is 1.28 bits per heavy atom. The Morgan fingerprint density at radius 2 is 2.10 bits per heavy atom. The van der Waals surface area contributed by atoms with Crippen LogP contribution in [0.5, 0.6) is 5.75 Å². The minimum Gasteiger partial charge on any atom is -0.483 e. The highest BCUT2D eigenvalue weighted by Crippen LogP contribution is 2.29. The SMILES string of the molecule is NC(=O)c1cc(F)c2nc(N)c(OCc3ncc(F)cc3N3C=CCN3)cc2c1.